The molecule has 0 saturated heterocycles. The van der Waals surface area contributed by atoms with E-state index < -0.39 is 6.16 Å². The summed E-state index contributed by atoms with van der Waals surface area (Å²) in [7, 11) is 0. The molecule has 2 atom stereocenters. The van der Waals surface area contributed by atoms with Crippen LogP contribution >= 0.6 is 0 Å². The van der Waals surface area contributed by atoms with Crippen LogP contribution in [0.4, 0.5) is 4.79 Å². The van der Waals surface area contributed by atoms with E-state index in [-0.39, 0.29) is 12.1 Å². The van der Waals surface area contributed by atoms with Crippen molar-refractivity contribution in [1.29, 1.82) is 0 Å². The summed E-state index contributed by atoms with van der Waals surface area (Å²) in [6.07, 6.45) is 12.3. The lowest BCUT2D eigenvalue weighted by Crippen LogP contribution is -2.41. The van der Waals surface area contributed by atoms with Gasteiger partial charge in [-0.1, -0.05) is 38.5 Å². The summed E-state index contributed by atoms with van der Waals surface area (Å²) in [5.74, 6) is 0. The van der Waals surface area contributed by atoms with Gasteiger partial charge in [0.2, 0.25) is 0 Å². The zero-order chi connectivity index (χ0) is 17.2. The van der Waals surface area contributed by atoms with Crippen molar-refractivity contribution in [2.45, 2.75) is 102 Å². The molecule has 0 aliphatic heterocycles. The van der Waals surface area contributed by atoms with E-state index in [0.717, 1.165) is 0 Å². The van der Waals surface area contributed by atoms with Gasteiger partial charge in [0.05, 0.1) is 0 Å². The molecule has 2 fully saturated rings. The van der Waals surface area contributed by atoms with Gasteiger partial charge in [-0.15, -0.1) is 0 Å². The minimum atomic E-state index is -0.551. The molecule has 0 radical (unpaired) electrons. The van der Waals surface area contributed by atoms with Crippen molar-refractivity contribution in [2.75, 3.05) is 13.2 Å². The van der Waals surface area contributed by atoms with Crippen LogP contribution in [0.2, 0.25) is 0 Å². The number of carbonyl (C=O) groups is 1. The number of hydrogen-bond donors (Lipinski definition) is 2. The van der Waals surface area contributed by atoms with Crippen LogP contribution in [0.1, 0.15) is 78.1 Å². The lowest BCUT2D eigenvalue weighted by atomic mass is 9.95. The third kappa shape index (κ3) is 7.84. The molecule has 5 nitrogen and oxygen atoms in total. The van der Waals surface area contributed by atoms with E-state index >= 15 is 0 Å². The smallest absolute Gasteiger partial charge is 0.433 e. The fourth-order valence-corrected chi connectivity index (χ4v) is 3.87. The second-order valence-electron chi connectivity index (χ2n) is 7.68. The van der Waals surface area contributed by atoms with Gasteiger partial charge in [-0.25, -0.2) is 4.79 Å². The molecule has 2 aliphatic rings. The topological polar surface area (TPSA) is 59.6 Å². The summed E-state index contributed by atoms with van der Waals surface area (Å²) in [4.78, 5) is 11.7. The van der Waals surface area contributed by atoms with Gasteiger partial charge in [-0.2, -0.15) is 0 Å². The van der Waals surface area contributed by atoms with Gasteiger partial charge < -0.3 is 20.1 Å². The first kappa shape index (κ1) is 19.5. The fraction of sp³-hybridized carbons (Fsp3) is 0.947. The van der Waals surface area contributed by atoms with Crippen molar-refractivity contribution in [3.63, 3.8) is 0 Å². The number of carbonyl (C=O) groups excluding carboxylic acids is 1. The molecule has 0 amide bonds. The van der Waals surface area contributed by atoms with E-state index in [2.05, 4.69) is 24.5 Å². The third-order valence-electron chi connectivity index (χ3n) is 5.15. The Balaban J connectivity index is 1.52. The number of nitrogens with one attached hydrogen (secondary N) is 2. The molecule has 0 aromatic carbocycles. The van der Waals surface area contributed by atoms with Crippen LogP contribution in [-0.2, 0) is 9.47 Å². The highest BCUT2D eigenvalue weighted by Crippen LogP contribution is 2.18. The summed E-state index contributed by atoms with van der Waals surface area (Å²) in [5.41, 5.74) is 0. The minimum Gasteiger partial charge on any atom is -0.433 e. The average Bonchev–Trinajstić information content (AvgIpc) is 2.60. The predicted octanol–water partition coefficient (Wildman–Crippen LogP) is 3.76. The molecule has 0 aromatic heterocycles. The molecular weight excluding hydrogens is 304 g/mol. The molecule has 0 heterocycles. The third-order valence-corrected chi connectivity index (χ3v) is 5.15. The molecule has 2 saturated carbocycles. The summed E-state index contributed by atoms with van der Waals surface area (Å²) in [6, 6.07) is 1.51. The van der Waals surface area contributed by atoms with Gasteiger partial charge >= 0.3 is 6.16 Å². The summed E-state index contributed by atoms with van der Waals surface area (Å²) >= 11 is 0. The SMILES string of the molecule is CC(COC(=O)OCC(C)NC1CCCCC1)NC1CCCCC1. The van der Waals surface area contributed by atoms with Gasteiger partial charge in [0.1, 0.15) is 13.2 Å². The fourth-order valence-electron chi connectivity index (χ4n) is 3.87. The zero-order valence-corrected chi connectivity index (χ0v) is 15.5. The molecule has 2 aliphatic carbocycles. The first-order valence-electron chi connectivity index (χ1n) is 9.95. The summed E-state index contributed by atoms with van der Waals surface area (Å²) in [6.45, 7) is 4.88. The Hall–Kier alpha value is -0.810. The Labute approximate surface area is 147 Å². The second kappa shape index (κ2) is 10.9. The highest BCUT2D eigenvalue weighted by atomic mass is 16.7. The molecular formula is C19H36N2O3. The van der Waals surface area contributed by atoms with E-state index in [4.69, 9.17) is 9.47 Å². The van der Waals surface area contributed by atoms with Crippen LogP contribution in [-0.4, -0.2) is 43.5 Å². The van der Waals surface area contributed by atoms with Crippen molar-refractivity contribution in [3.8, 4) is 0 Å². The quantitative estimate of drug-likeness (QED) is 0.659. The Kier molecular flexibility index (Phi) is 8.89. The van der Waals surface area contributed by atoms with E-state index in [0.29, 0.717) is 25.3 Å². The maximum absolute atomic E-state index is 11.7. The number of ether oxygens (including phenoxy) is 2. The maximum Gasteiger partial charge on any atom is 0.508 e. The molecule has 2 rings (SSSR count). The normalized spacial score (nSPS) is 22.8. The van der Waals surface area contributed by atoms with Gasteiger partial charge in [0, 0.05) is 24.2 Å². The minimum absolute atomic E-state index is 0.179. The Morgan fingerprint density at radius 3 is 1.54 bits per heavy atom. The van der Waals surface area contributed by atoms with Crippen LogP contribution in [0, 0.1) is 0 Å². The van der Waals surface area contributed by atoms with E-state index in [1.807, 2.05) is 0 Å². The lowest BCUT2D eigenvalue weighted by molar-refractivity contribution is 0.0422. The average molecular weight is 341 g/mol. The highest BCUT2D eigenvalue weighted by Gasteiger charge is 2.18. The lowest BCUT2D eigenvalue weighted by Gasteiger charge is -2.27. The van der Waals surface area contributed by atoms with Crippen molar-refractivity contribution in [1.82, 2.24) is 10.6 Å². The molecule has 140 valence electrons. The van der Waals surface area contributed by atoms with Gasteiger partial charge in [-0.05, 0) is 39.5 Å². The van der Waals surface area contributed by atoms with Crippen LogP contribution < -0.4 is 10.6 Å². The Bertz CT molecular complexity index is 321. The highest BCUT2D eigenvalue weighted by molar-refractivity contribution is 5.59. The van der Waals surface area contributed by atoms with E-state index in [9.17, 15) is 4.79 Å². The predicted molar refractivity (Wildman–Crippen MR) is 96.2 cm³/mol. The van der Waals surface area contributed by atoms with Crippen LogP contribution in [0.25, 0.3) is 0 Å². The maximum atomic E-state index is 11.7. The number of hydrogen-bond acceptors (Lipinski definition) is 5. The molecule has 0 aromatic rings. The Morgan fingerprint density at radius 1 is 0.792 bits per heavy atom. The first-order chi connectivity index (χ1) is 11.6. The largest absolute Gasteiger partial charge is 0.508 e. The standard InChI is InChI=1S/C19H36N2O3/c1-15(20-17-9-5-3-6-10-17)13-23-19(22)24-14-16(2)21-18-11-7-4-8-12-18/h15-18,20-21H,3-14H2,1-2H3. The van der Waals surface area contributed by atoms with Crippen LogP contribution in [0.5, 0.6) is 0 Å². The summed E-state index contributed by atoms with van der Waals surface area (Å²) < 4.78 is 10.5. The molecule has 5 heteroatoms. The molecule has 2 unspecified atom stereocenters. The zero-order valence-electron chi connectivity index (χ0n) is 15.5. The first-order valence-corrected chi connectivity index (χ1v) is 9.95. The second-order valence-corrected chi connectivity index (χ2v) is 7.68. The van der Waals surface area contributed by atoms with Crippen LogP contribution in [0.15, 0.2) is 0 Å². The Morgan fingerprint density at radius 2 is 1.17 bits per heavy atom. The number of rotatable bonds is 8. The van der Waals surface area contributed by atoms with Crippen molar-refractivity contribution < 1.29 is 14.3 Å². The van der Waals surface area contributed by atoms with Gasteiger partial charge in [0.25, 0.3) is 0 Å². The molecule has 0 spiro atoms. The van der Waals surface area contributed by atoms with Crippen molar-refractivity contribution in [3.05, 3.63) is 0 Å². The van der Waals surface area contributed by atoms with Crippen LogP contribution in [0.3, 0.4) is 0 Å². The van der Waals surface area contributed by atoms with Crippen molar-refractivity contribution >= 4 is 6.16 Å². The summed E-state index contributed by atoms with van der Waals surface area (Å²) in [5, 5.41) is 7.10. The van der Waals surface area contributed by atoms with E-state index in [1.165, 1.54) is 64.2 Å². The monoisotopic (exact) mass is 340 g/mol. The van der Waals surface area contributed by atoms with E-state index in [1.54, 1.807) is 0 Å². The van der Waals surface area contributed by atoms with Gasteiger partial charge in [0.15, 0.2) is 0 Å². The molecule has 0 bridgehead atoms. The van der Waals surface area contributed by atoms with Gasteiger partial charge in [-0.3, -0.25) is 0 Å². The molecule has 24 heavy (non-hydrogen) atoms. The van der Waals surface area contributed by atoms with Crippen molar-refractivity contribution in [2.24, 2.45) is 0 Å². The molecule has 2 N–H and O–H groups in total.